The van der Waals surface area contributed by atoms with Crippen LogP contribution in [0, 0.1) is 0 Å². The number of halogens is 2. The van der Waals surface area contributed by atoms with Crippen LogP contribution in [0.3, 0.4) is 0 Å². The lowest BCUT2D eigenvalue weighted by atomic mass is 10.2. The van der Waals surface area contributed by atoms with Crippen molar-refractivity contribution >= 4 is 45.1 Å². The van der Waals surface area contributed by atoms with Gasteiger partial charge >= 0.3 is 6.09 Å². The highest BCUT2D eigenvalue weighted by Crippen LogP contribution is 2.36. The van der Waals surface area contributed by atoms with Crippen LogP contribution in [0.2, 0.25) is 5.15 Å². The van der Waals surface area contributed by atoms with E-state index < -0.39 is 5.60 Å². The highest BCUT2D eigenvalue weighted by molar-refractivity contribution is 9.10. The minimum atomic E-state index is -0.481. The quantitative estimate of drug-likeness (QED) is 0.652. The van der Waals surface area contributed by atoms with Gasteiger partial charge in [0.1, 0.15) is 16.6 Å². The highest BCUT2D eigenvalue weighted by atomic mass is 79.9. The van der Waals surface area contributed by atoms with Crippen LogP contribution >= 0.6 is 27.5 Å². The fraction of sp³-hybridized carbons (Fsp3) is 0.562. The van der Waals surface area contributed by atoms with Gasteiger partial charge in [0.15, 0.2) is 5.65 Å². The van der Waals surface area contributed by atoms with E-state index in [0.29, 0.717) is 17.3 Å². The third-order valence-electron chi connectivity index (χ3n) is 4.54. The summed E-state index contributed by atoms with van der Waals surface area (Å²) in [5, 5.41) is 4.82. The predicted molar refractivity (Wildman–Crippen MR) is 98.2 cm³/mol. The van der Waals surface area contributed by atoms with E-state index in [0.717, 1.165) is 23.3 Å². The van der Waals surface area contributed by atoms with E-state index in [1.54, 1.807) is 10.7 Å². The molecule has 4 heterocycles. The summed E-state index contributed by atoms with van der Waals surface area (Å²) in [5.41, 5.74) is 0.208. The second kappa shape index (κ2) is 5.74. The number of nitrogens with zero attached hydrogens (tertiary/aromatic N) is 5. The van der Waals surface area contributed by atoms with Crippen LogP contribution in [-0.4, -0.2) is 56.4 Å². The lowest BCUT2D eigenvalue weighted by molar-refractivity contribution is 0.0214. The molecule has 1 amide bonds. The van der Waals surface area contributed by atoms with Crippen LogP contribution < -0.4 is 4.90 Å². The molecule has 0 radical (unpaired) electrons. The monoisotopic (exact) mass is 427 g/mol. The molecule has 25 heavy (non-hydrogen) atoms. The van der Waals surface area contributed by atoms with Crippen LogP contribution in [0.4, 0.5) is 10.6 Å². The van der Waals surface area contributed by atoms with Crippen LogP contribution in [-0.2, 0) is 4.74 Å². The molecule has 2 fully saturated rings. The Morgan fingerprint density at radius 1 is 1.36 bits per heavy atom. The predicted octanol–water partition coefficient (Wildman–Crippen LogP) is 3.34. The van der Waals surface area contributed by atoms with Crippen molar-refractivity contribution in [2.24, 2.45) is 0 Å². The van der Waals surface area contributed by atoms with Gasteiger partial charge in [0, 0.05) is 19.2 Å². The van der Waals surface area contributed by atoms with Gasteiger partial charge in [0.2, 0.25) is 0 Å². The van der Waals surface area contributed by atoms with Gasteiger partial charge in [-0.2, -0.15) is 9.61 Å². The maximum absolute atomic E-state index is 12.4. The zero-order valence-electron chi connectivity index (χ0n) is 14.2. The summed E-state index contributed by atoms with van der Waals surface area (Å²) in [5.74, 6) is 0.900. The van der Waals surface area contributed by atoms with Crippen molar-refractivity contribution in [1.29, 1.82) is 0 Å². The third kappa shape index (κ3) is 2.95. The summed E-state index contributed by atoms with van der Waals surface area (Å²) in [6.07, 6.45) is 2.39. The molecule has 0 aliphatic carbocycles. The van der Waals surface area contributed by atoms with Crippen molar-refractivity contribution in [3.8, 4) is 0 Å². The zero-order chi connectivity index (χ0) is 17.9. The van der Waals surface area contributed by atoms with Crippen LogP contribution in [0.1, 0.15) is 27.2 Å². The summed E-state index contributed by atoms with van der Waals surface area (Å²) in [6, 6.07) is 2.19. The number of amides is 1. The number of carbonyl (C=O) groups excluding carboxylic acids is 1. The molecule has 7 nitrogen and oxygen atoms in total. The van der Waals surface area contributed by atoms with Gasteiger partial charge in [0.05, 0.1) is 22.8 Å². The van der Waals surface area contributed by atoms with Gasteiger partial charge in [-0.1, -0.05) is 11.6 Å². The van der Waals surface area contributed by atoms with E-state index in [-0.39, 0.29) is 18.2 Å². The van der Waals surface area contributed by atoms with Gasteiger partial charge < -0.3 is 14.5 Å². The van der Waals surface area contributed by atoms with E-state index in [4.69, 9.17) is 16.3 Å². The first kappa shape index (κ1) is 16.9. The molecule has 2 aromatic rings. The fourth-order valence-corrected chi connectivity index (χ4v) is 4.11. The lowest BCUT2D eigenvalue weighted by Crippen LogP contribution is -2.50. The first-order valence-corrected chi connectivity index (χ1v) is 9.36. The summed E-state index contributed by atoms with van der Waals surface area (Å²) in [4.78, 5) is 20.8. The van der Waals surface area contributed by atoms with E-state index >= 15 is 0 Å². The Bertz CT molecular complexity index is 849. The number of piperazine rings is 1. The van der Waals surface area contributed by atoms with E-state index in [2.05, 4.69) is 30.9 Å². The Labute approximate surface area is 159 Å². The average Bonchev–Trinajstić information content (AvgIpc) is 3.19. The number of likely N-dealkylation sites (tertiary alicyclic amines) is 1. The highest BCUT2D eigenvalue weighted by Gasteiger charge is 2.47. The number of hydrogen-bond donors (Lipinski definition) is 0. The Morgan fingerprint density at radius 2 is 2.12 bits per heavy atom. The second-order valence-electron chi connectivity index (χ2n) is 7.49. The van der Waals surface area contributed by atoms with Gasteiger partial charge in [-0.25, -0.2) is 9.78 Å². The van der Waals surface area contributed by atoms with Crippen LogP contribution in [0.5, 0.6) is 0 Å². The van der Waals surface area contributed by atoms with E-state index in [1.807, 2.05) is 31.7 Å². The maximum Gasteiger partial charge on any atom is 0.410 e. The maximum atomic E-state index is 12.4. The third-order valence-corrected chi connectivity index (χ3v) is 5.29. The number of aromatic nitrogens is 3. The normalized spacial score (nSPS) is 22.9. The molecule has 0 spiro atoms. The van der Waals surface area contributed by atoms with Gasteiger partial charge in [-0.15, -0.1) is 0 Å². The summed E-state index contributed by atoms with van der Waals surface area (Å²) in [6.45, 7) is 7.03. The lowest BCUT2D eigenvalue weighted by Gasteiger charge is -2.36. The Morgan fingerprint density at radius 3 is 2.76 bits per heavy atom. The molecule has 9 heteroatoms. The number of hydrogen-bond acceptors (Lipinski definition) is 5. The minimum absolute atomic E-state index is 0.140. The average molecular weight is 429 g/mol. The summed E-state index contributed by atoms with van der Waals surface area (Å²) >= 11 is 9.65. The summed E-state index contributed by atoms with van der Waals surface area (Å²) < 4.78 is 8.11. The fourth-order valence-electron chi connectivity index (χ4n) is 3.59. The molecule has 0 saturated carbocycles. The molecular formula is C16H19BrClN5O2. The zero-order valence-corrected chi connectivity index (χ0v) is 16.6. The number of fused-ring (bicyclic) bond motifs is 3. The topological polar surface area (TPSA) is 63.0 Å². The van der Waals surface area contributed by atoms with Gasteiger partial charge in [-0.05, 0) is 43.1 Å². The first-order valence-electron chi connectivity index (χ1n) is 8.19. The molecule has 2 bridgehead atoms. The Kier molecular flexibility index (Phi) is 3.88. The van der Waals surface area contributed by atoms with Crippen LogP contribution in [0.25, 0.3) is 5.65 Å². The minimum Gasteiger partial charge on any atom is -0.444 e. The smallest absolute Gasteiger partial charge is 0.410 e. The molecular weight excluding hydrogens is 410 g/mol. The van der Waals surface area contributed by atoms with Crippen LogP contribution in [0.15, 0.2) is 16.7 Å². The molecule has 2 saturated heterocycles. The molecule has 0 N–H and O–H groups in total. The van der Waals surface area contributed by atoms with Crippen molar-refractivity contribution < 1.29 is 9.53 Å². The van der Waals surface area contributed by atoms with E-state index in [1.165, 1.54) is 0 Å². The molecule has 2 atom stereocenters. The molecule has 2 unspecified atom stereocenters. The number of ether oxygens (including phenoxy) is 1. The molecule has 2 aliphatic heterocycles. The van der Waals surface area contributed by atoms with E-state index in [9.17, 15) is 4.79 Å². The standard InChI is InChI=1S/C16H19BrClN5O2/c1-16(2,3)25-15(24)22-8-9-4-10(22)7-21(9)13-5-12(18)20-14-11(17)6-19-23(13)14/h5-6,9-10H,4,7-8H2,1-3H3. The van der Waals surface area contributed by atoms with Crippen molar-refractivity contribution in [2.45, 2.75) is 44.9 Å². The van der Waals surface area contributed by atoms with Gasteiger partial charge in [0.25, 0.3) is 0 Å². The molecule has 134 valence electrons. The van der Waals surface area contributed by atoms with Crippen molar-refractivity contribution in [3.63, 3.8) is 0 Å². The number of carbonyl (C=O) groups is 1. The van der Waals surface area contributed by atoms with Crippen molar-refractivity contribution in [3.05, 3.63) is 21.9 Å². The Balaban J connectivity index is 1.58. The largest absolute Gasteiger partial charge is 0.444 e. The molecule has 2 aliphatic rings. The Hall–Kier alpha value is -1.54. The number of rotatable bonds is 1. The first-order chi connectivity index (χ1) is 11.7. The molecule has 4 rings (SSSR count). The van der Waals surface area contributed by atoms with Gasteiger partial charge in [-0.3, -0.25) is 0 Å². The summed E-state index contributed by atoms with van der Waals surface area (Å²) in [7, 11) is 0. The second-order valence-corrected chi connectivity index (χ2v) is 8.73. The number of anilines is 1. The SMILES string of the molecule is CC(C)(C)OC(=O)N1CC2CC1CN2c1cc(Cl)nc2c(Br)cnn12. The van der Waals surface area contributed by atoms with Crippen molar-refractivity contribution in [2.75, 3.05) is 18.0 Å². The van der Waals surface area contributed by atoms with Crippen molar-refractivity contribution in [1.82, 2.24) is 19.5 Å². The molecule has 0 aromatic carbocycles. The molecule has 2 aromatic heterocycles.